The van der Waals surface area contributed by atoms with Gasteiger partial charge in [-0.25, -0.2) is 18.1 Å². The van der Waals surface area contributed by atoms with Crippen LogP contribution in [0.1, 0.15) is 62.1 Å². The fraction of sp³-hybridized carbons (Fsp3) is 0.625. The summed E-state index contributed by atoms with van der Waals surface area (Å²) in [6, 6.07) is 0.245. The highest BCUT2D eigenvalue weighted by Crippen LogP contribution is 2.38. The molecule has 140 valence electrons. The van der Waals surface area contributed by atoms with E-state index in [0.717, 1.165) is 44.3 Å². The lowest BCUT2D eigenvalue weighted by Crippen LogP contribution is -2.32. The minimum atomic E-state index is -3.94. The average molecular weight is 378 g/mol. The first-order valence-corrected chi connectivity index (χ1v) is 10.4. The zero-order chi connectivity index (χ0) is 18.3. The predicted molar refractivity (Wildman–Crippen MR) is 91.7 cm³/mol. The van der Waals surface area contributed by atoms with Crippen LogP contribution in [0.5, 0.6) is 0 Å². The maximum Gasteiger partial charge on any atom is 0.267 e. The van der Waals surface area contributed by atoms with E-state index < -0.39 is 15.9 Å². The maximum absolute atomic E-state index is 12.4. The number of nitrogens with zero attached hydrogens (tertiary/aromatic N) is 5. The number of aromatic nitrogens is 5. The Labute approximate surface area is 151 Å². The van der Waals surface area contributed by atoms with Gasteiger partial charge in [-0.15, -0.1) is 0 Å². The monoisotopic (exact) mass is 378 g/mol. The number of aryl methyl sites for hydroxylation is 1. The third-order valence-electron chi connectivity index (χ3n) is 4.97. The van der Waals surface area contributed by atoms with Gasteiger partial charge in [-0.3, -0.25) is 14.2 Å². The summed E-state index contributed by atoms with van der Waals surface area (Å²) in [5.74, 6) is 0.942. The van der Waals surface area contributed by atoms with Crippen molar-refractivity contribution in [1.29, 1.82) is 0 Å². The van der Waals surface area contributed by atoms with Crippen molar-refractivity contribution < 1.29 is 13.2 Å². The van der Waals surface area contributed by atoms with Crippen LogP contribution in [-0.2, 0) is 28.3 Å². The number of hydrogen-bond donors (Lipinski definition) is 1. The molecule has 2 saturated carbocycles. The molecular weight excluding hydrogens is 356 g/mol. The quantitative estimate of drug-likeness (QED) is 0.804. The second-order valence-electron chi connectivity index (χ2n) is 7.08. The van der Waals surface area contributed by atoms with E-state index in [1.54, 1.807) is 11.7 Å². The smallest absolute Gasteiger partial charge is 0.267 e. The molecule has 0 atom stereocenters. The first-order chi connectivity index (χ1) is 12.4. The summed E-state index contributed by atoms with van der Waals surface area (Å²) < 4.78 is 30.2. The molecule has 0 spiro atoms. The third kappa shape index (κ3) is 3.50. The number of carbonyl (C=O) groups is 1. The Hall–Kier alpha value is -2.23. The zero-order valence-corrected chi connectivity index (χ0v) is 15.4. The van der Waals surface area contributed by atoms with Crippen molar-refractivity contribution in [3.63, 3.8) is 0 Å². The molecule has 2 aromatic rings. The van der Waals surface area contributed by atoms with Gasteiger partial charge < -0.3 is 0 Å². The van der Waals surface area contributed by atoms with Gasteiger partial charge in [0.1, 0.15) is 10.7 Å². The van der Waals surface area contributed by atoms with E-state index in [1.807, 2.05) is 0 Å². The van der Waals surface area contributed by atoms with Crippen molar-refractivity contribution in [2.24, 2.45) is 7.05 Å². The predicted octanol–water partition coefficient (Wildman–Crippen LogP) is 1.05. The molecule has 4 rings (SSSR count). The lowest BCUT2D eigenvalue weighted by molar-refractivity contribution is -0.118. The summed E-state index contributed by atoms with van der Waals surface area (Å²) in [5, 5.41) is 8.45. The minimum absolute atomic E-state index is 0.00869. The standard InChI is InChI=1S/C16H22N6O3S/c1-21-14(18-16(19-21)11-6-7-11)8-15(23)20-26(24,25)13-9-17-22(10-13)12-4-2-3-5-12/h9-12H,2-8H2,1H3,(H,20,23). The van der Waals surface area contributed by atoms with Crippen molar-refractivity contribution in [3.8, 4) is 0 Å². The van der Waals surface area contributed by atoms with Crippen LogP contribution in [-0.4, -0.2) is 38.9 Å². The molecule has 1 amide bonds. The van der Waals surface area contributed by atoms with E-state index in [0.29, 0.717) is 11.7 Å². The summed E-state index contributed by atoms with van der Waals surface area (Å²) in [5.41, 5.74) is 0. The summed E-state index contributed by atoms with van der Waals surface area (Å²) in [4.78, 5) is 16.6. The third-order valence-corrected chi connectivity index (χ3v) is 6.29. The van der Waals surface area contributed by atoms with Gasteiger partial charge in [-0.05, 0) is 25.7 Å². The minimum Gasteiger partial charge on any atom is -0.274 e. The van der Waals surface area contributed by atoms with Crippen LogP contribution in [0.15, 0.2) is 17.3 Å². The van der Waals surface area contributed by atoms with E-state index in [9.17, 15) is 13.2 Å². The molecule has 0 saturated heterocycles. The molecular formula is C16H22N6O3S. The van der Waals surface area contributed by atoms with Crippen LogP contribution in [0.25, 0.3) is 0 Å². The molecule has 2 heterocycles. The highest BCUT2D eigenvalue weighted by atomic mass is 32.2. The van der Waals surface area contributed by atoms with Gasteiger partial charge in [-0.2, -0.15) is 10.2 Å². The van der Waals surface area contributed by atoms with E-state index >= 15 is 0 Å². The van der Waals surface area contributed by atoms with Crippen molar-refractivity contribution >= 4 is 15.9 Å². The molecule has 2 fully saturated rings. The molecule has 0 aromatic carbocycles. The second kappa shape index (κ2) is 6.49. The molecule has 0 radical (unpaired) electrons. The second-order valence-corrected chi connectivity index (χ2v) is 8.77. The lowest BCUT2D eigenvalue weighted by Gasteiger charge is -2.08. The number of nitrogens with one attached hydrogen (secondary N) is 1. The fourth-order valence-corrected chi connectivity index (χ4v) is 4.25. The first-order valence-electron chi connectivity index (χ1n) is 8.92. The maximum atomic E-state index is 12.4. The van der Waals surface area contributed by atoms with Gasteiger partial charge in [0.15, 0.2) is 5.82 Å². The van der Waals surface area contributed by atoms with E-state index in [4.69, 9.17) is 0 Å². The molecule has 1 N–H and O–H groups in total. The Bertz CT molecular complexity index is 922. The normalized spacial score (nSPS) is 18.3. The number of amides is 1. The summed E-state index contributed by atoms with van der Waals surface area (Å²) >= 11 is 0. The Morgan fingerprint density at radius 2 is 2.00 bits per heavy atom. The summed E-state index contributed by atoms with van der Waals surface area (Å²) in [6.45, 7) is 0. The Kier molecular flexibility index (Phi) is 4.29. The lowest BCUT2D eigenvalue weighted by atomic mass is 10.3. The average Bonchev–Trinajstić information content (AvgIpc) is 3.00. The van der Waals surface area contributed by atoms with Crippen LogP contribution in [0.3, 0.4) is 0 Å². The molecule has 2 aliphatic carbocycles. The van der Waals surface area contributed by atoms with Crippen molar-refractivity contribution in [3.05, 3.63) is 24.0 Å². The van der Waals surface area contributed by atoms with Gasteiger partial charge in [0, 0.05) is 19.2 Å². The largest absolute Gasteiger partial charge is 0.274 e. The number of hydrogen-bond acceptors (Lipinski definition) is 6. The van der Waals surface area contributed by atoms with Crippen molar-refractivity contribution in [2.75, 3.05) is 0 Å². The van der Waals surface area contributed by atoms with Crippen LogP contribution in [0.4, 0.5) is 0 Å². The zero-order valence-electron chi connectivity index (χ0n) is 14.6. The van der Waals surface area contributed by atoms with Gasteiger partial charge >= 0.3 is 0 Å². The first kappa shape index (κ1) is 17.2. The molecule has 10 heteroatoms. The fourth-order valence-electron chi connectivity index (χ4n) is 3.32. The van der Waals surface area contributed by atoms with Crippen molar-refractivity contribution in [2.45, 2.75) is 61.8 Å². The Balaban J connectivity index is 1.42. The van der Waals surface area contributed by atoms with Crippen LogP contribution in [0.2, 0.25) is 0 Å². The highest BCUT2D eigenvalue weighted by Gasteiger charge is 2.29. The van der Waals surface area contributed by atoms with Crippen LogP contribution >= 0.6 is 0 Å². The Morgan fingerprint density at radius 1 is 1.27 bits per heavy atom. The van der Waals surface area contributed by atoms with Crippen molar-refractivity contribution in [1.82, 2.24) is 29.3 Å². The molecule has 2 aliphatic rings. The molecule has 0 unspecified atom stereocenters. The number of rotatable bonds is 6. The SMILES string of the molecule is Cn1nc(C2CC2)nc1CC(=O)NS(=O)(=O)c1cnn(C2CCCC2)c1. The van der Waals surface area contributed by atoms with Gasteiger partial charge in [-0.1, -0.05) is 12.8 Å². The molecule has 0 bridgehead atoms. The van der Waals surface area contributed by atoms with Gasteiger partial charge in [0.05, 0.1) is 18.7 Å². The van der Waals surface area contributed by atoms with Crippen LogP contribution in [0, 0.1) is 0 Å². The topological polar surface area (TPSA) is 112 Å². The summed E-state index contributed by atoms with van der Waals surface area (Å²) in [7, 11) is -2.23. The van der Waals surface area contributed by atoms with Gasteiger partial charge in [0.2, 0.25) is 5.91 Å². The molecule has 26 heavy (non-hydrogen) atoms. The highest BCUT2D eigenvalue weighted by molar-refractivity contribution is 7.90. The summed E-state index contributed by atoms with van der Waals surface area (Å²) in [6.07, 6.45) is 9.05. The van der Waals surface area contributed by atoms with E-state index in [2.05, 4.69) is 19.9 Å². The molecule has 0 aliphatic heterocycles. The Morgan fingerprint density at radius 3 is 2.69 bits per heavy atom. The van der Waals surface area contributed by atoms with Gasteiger partial charge in [0.25, 0.3) is 10.0 Å². The van der Waals surface area contributed by atoms with Crippen LogP contribution < -0.4 is 4.72 Å². The molecule has 9 nitrogen and oxygen atoms in total. The number of sulfonamides is 1. The van der Waals surface area contributed by atoms with E-state index in [1.165, 1.54) is 17.1 Å². The number of carbonyl (C=O) groups excluding carboxylic acids is 1. The van der Waals surface area contributed by atoms with E-state index in [-0.39, 0.29) is 17.4 Å². The molecule has 2 aromatic heterocycles.